The molecule has 2 heterocycles. The summed E-state index contributed by atoms with van der Waals surface area (Å²) >= 11 is 0. The van der Waals surface area contributed by atoms with Gasteiger partial charge in [0.05, 0.1) is 24.8 Å². The third-order valence-corrected chi connectivity index (χ3v) is 4.91. The summed E-state index contributed by atoms with van der Waals surface area (Å²) in [5, 5.41) is 4.19. The molecule has 1 aliphatic rings. The number of amides is 2. The van der Waals surface area contributed by atoms with Crippen LogP contribution in [0.3, 0.4) is 0 Å². The lowest BCUT2D eigenvalue weighted by molar-refractivity contribution is 0.00551. The van der Waals surface area contributed by atoms with E-state index >= 15 is 0 Å². The minimum Gasteiger partial charge on any atom is -0.377 e. The fourth-order valence-corrected chi connectivity index (χ4v) is 3.54. The zero-order valence-electron chi connectivity index (χ0n) is 16.7. The maximum atomic E-state index is 12.9. The molecule has 1 N–H and O–H groups in total. The largest absolute Gasteiger partial charge is 0.377 e. The second kappa shape index (κ2) is 8.57. The van der Waals surface area contributed by atoms with Gasteiger partial charge in [-0.15, -0.1) is 0 Å². The molecule has 0 spiro atoms. The van der Waals surface area contributed by atoms with E-state index in [-0.39, 0.29) is 12.1 Å². The van der Waals surface area contributed by atoms with Crippen molar-refractivity contribution in [3.63, 3.8) is 0 Å². The van der Waals surface area contributed by atoms with E-state index in [2.05, 4.69) is 30.2 Å². The number of carbonyl (C=O) groups is 1. The lowest BCUT2D eigenvalue weighted by Crippen LogP contribution is -2.52. The zero-order valence-corrected chi connectivity index (χ0v) is 16.7. The normalized spacial score (nSPS) is 17.4. The standard InChI is InChI=1S/C21H30N4O2/c1-15(2)11-17-14-27-10-9-25(17)21(26)22-13-16-12-20(24(3)4)23-19-8-6-5-7-18(16)19/h5-8,12,15,17H,9-11,13-14H2,1-4H3,(H,22,26). The molecule has 6 nitrogen and oxygen atoms in total. The molecule has 0 radical (unpaired) electrons. The van der Waals surface area contributed by atoms with Gasteiger partial charge in [-0.25, -0.2) is 9.78 Å². The molecule has 27 heavy (non-hydrogen) atoms. The number of anilines is 1. The van der Waals surface area contributed by atoms with Gasteiger partial charge in [-0.1, -0.05) is 32.0 Å². The molecule has 146 valence electrons. The van der Waals surface area contributed by atoms with Crippen molar-refractivity contribution in [2.24, 2.45) is 5.92 Å². The number of pyridine rings is 1. The Bertz CT molecular complexity index is 791. The molecule has 1 atom stereocenters. The Labute approximate surface area is 161 Å². The summed E-state index contributed by atoms with van der Waals surface area (Å²) in [6, 6.07) is 10.2. The number of benzene rings is 1. The number of para-hydroxylation sites is 1. The van der Waals surface area contributed by atoms with E-state index in [0.29, 0.717) is 32.2 Å². The second-order valence-electron chi connectivity index (χ2n) is 7.76. The molecular formula is C21H30N4O2. The van der Waals surface area contributed by atoms with E-state index in [1.54, 1.807) is 0 Å². The molecule has 1 aliphatic heterocycles. The highest BCUT2D eigenvalue weighted by molar-refractivity contribution is 5.84. The number of fused-ring (bicyclic) bond motifs is 1. The van der Waals surface area contributed by atoms with Crippen molar-refractivity contribution in [1.29, 1.82) is 0 Å². The molecule has 1 fully saturated rings. The van der Waals surface area contributed by atoms with Crippen LogP contribution in [-0.4, -0.2) is 55.8 Å². The van der Waals surface area contributed by atoms with Gasteiger partial charge in [0.2, 0.25) is 0 Å². The van der Waals surface area contributed by atoms with Crippen LogP contribution in [0.2, 0.25) is 0 Å². The first kappa shape index (κ1) is 19.4. The number of urea groups is 1. The minimum atomic E-state index is -0.0174. The number of rotatable bonds is 5. The van der Waals surface area contributed by atoms with E-state index in [1.165, 1.54) is 0 Å². The van der Waals surface area contributed by atoms with Gasteiger partial charge >= 0.3 is 6.03 Å². The van der Waals surface area contributed by atoms with Crippen LogP contribution in [0, 0.1) is 5.92 Å². The summed E-state index contributed by atoms with van der Waals surface area (Å²) in [6.07, 6.45) is 0.955. The highest BCUT2D eigenvalue weighted by Crippen LogP contribution is 2.22. The van der Waals surface area contributed by atoms with Crippen molar-refractivity contribution in [3.8, 4) is 0 Å². The van der Waals surface area contributed by atoms with Gasteiger partial charge in [0.25, 0.3) is 0 Å². The zero-order chi connectivity index (χ0) is 19.4. The molecule has 1 aromatic carbocycles. The van der Waals surface area contributed by atoms with Gasteiger partial charge in [0.15, 0.2) is 0 Å². The Morgan fingerprint density at radius 2 is 2.15 bits per heavy atom. The molecule has 1 aromatic heterocycles. The topological polar surface area (TPSA) is 57.7 Å². The van der Waals surface area contributed by atoms with Crippen LogP contribution in [0.1, 0.15) is 25.8 Å². The third-order valence-electron chi connectivity index (χ3n) is 4.91. The van der Waals surface area contributed by atoms with Gasteiger partial charge in [-0.2, -0.15) is 0 Å². The van der Waals surface area contributed by atoms with Gasteiger partial charge in [-0.05, 0) is 30.0 Å². The summed E-state index contributed by atoms with van der Waals surface area (Å²) < 4.78 is 5.59. The number of nitrogens with one attached hydrogen (secondary N) is 1. The number of hydrogen-bond acceptors (Lipinski definition) is 4. The first-order chi connectivity index (χ1) is 13.0. The Hall–Kier alpha value is -2.34. The molecule has 0 aliphatic carbocycles. The summed E-state index contributed by atoms with van der Waals surface area (Å²) in [4.78, 5) is 21.4. The second-order valence-corrected chi connectivity index (χ2v) is 7.76. The molecule has 0 bridgehead atoms. The van der Waals surface area contributed by atoms with E-state index < -0.39 is 0 Å². The number of aromatic nitrogens is 1. The van der Waals surface area contributed by atoms with E-state index in [1.807, 2.05) is 48.2 Å². The molecule has 2 amide bonds. The fraction of sp³-hybridized carbons (Fsp3) is 0.524. The van der Waals surface area contributed by atoms with Crippen molar-refractivity contribution in [2.75, 3.05) is 38.8 Å². The molecule has 1 saturated heterocycles. The first-order valence-electron chi connectivity index (χ1n) is 9.64. The smallest absolute Gasteiger partial charge is 0.318 e. The average Bonchev–Trinajstić information content (AvgIpc) is 2.65. The van der Waals surface area contributed by atoms with Gasteiger partial charge in [0.1, 0.15) is 5.82 Å². The predicted octanol–water partition coefficient (Wildman–Crippen LogP) is 3.26. The molecule has 3 rings (SSSR count). The van der Waals surface area contributed by atoms with Crippen molar-refractivity contribution >= 4 is 22.8 Å². The Kier molecular flexibility index (Phi) is 6.16. The van der Waals surface area contributed by atoms with Gasteiger partial charge < -0.3 is 19.9 Å². The summed E-state index contributed by atoms with van der Waals surface area (Å²) in [5.41, 5.74) is 2.02. The van der Waals surface area contributed by atoms with Crippen molar-refractivity contribution in [3.05, 3.63) is 35.9 Å². The Balaban J connectivity index is 1.76. The van der Waals surface area contributed by atoms with Gasteiger partial charge in [-0.3, -0.25) is 0 Å². The van der Waals surface area contributed by atoms with Crippen LogP contribution in [0.25, 0.3) is 10.9 Å². The molecule has 2 aromatic rings. The maximum Gasteiger partial charge on any atom is 0.318 e. The fourth-order valence-electron chi connectivity index (χ4n) is 3.54. The van der Waals surface area contributed by atoms with Crippen molar-refractivity contribution < 1.29 is 9.53 Å². The van der Waals surface area contributed by atoms with Crippen molar-refractivity contribution in [2.45, 2.75) is 32.9 Å². The monoisotopic (exact) mass is 370 g/mol. The SMILES string of the molecule is CC(C)CC1COCCN1C(=O)NCc1cc(N(C)C)nc2ccccc12. The highest BCUT2D eigenvalue weighted by atomic mass is 16.5. The van der Waals surface area contributed by atoms with Crippen LogP contribution in [-0.2, 0) is 11.3 Å². The molecule has 1 unspecified atom stereocenters. The number of ether oxygens (including phenoxy) is 1. The molecular weight excluding hydrogens is 340 g/mol. The summed E-state index contributed by atoms with van der Waals surface area (Å²) in [6.45, 7) is 6.70. The first-order valence-corrected chi connectivity index (χ1v) is 9.64. The number of nitrogens with zero attached hydrogens (tertiary/aromatic N) is 3. The van der Waals surface area contributed by atoms with Gasteiger partial charge in [0, 0.05) is 32.6 Å². The highest BCUT2D eigenvalue weighted by Gasteiger charge is 2.27. The summed E-state index contributed by atoms with van der Waals surface area (Å²) in [7, 11) is 3.95. The maximum absolute atomic E-state index is 12.9. The lowest BCUT2D eigenvalue weighted by Gasteiger charge is -2.36. The average molecular weight is 370 g/mol. The van der Waals surface area contributed by atoms with E-state index in [4.69, 9.17) is 4.74 Å². The lowest BCUT2D eigenvalue weighted by atomic mass is 10.0. The van der Waals surface area contributed by atoms with Crippen molar-refractivity contribution in [1.82, 2.24) is 15.2 Å². The number of hydrogen-bond donors (Lipinski definition) is 1. The molecule has 0 saturated carbocycles. The van der Waals surface area contributed by atoms with Crippen LogP contribution in [0.5, 0.6) is 0 Å². The number of carbonyl (C=O) groups excluding carboxylic acids is 1. The third kappa shape index (κ3) is 4.69. The van der Waals surface area contributed by atoms with E-state index in [9.17, 15) is 4.79 Å². The van der Waals surface area contributed by atoms with Crippen LogP contribution < -0.4 is 10.2 Å². The Morgan fingerprint density at radius 3 is 2.89 bits per heavy atom. The van der Waals surface area contributed by atoms with Crippen LogP contribution >= 0.6 is 0 Å². The minimum absolute atomic E-state index is 0.0174. The quantitative estimate of drug-likeness (QED) is 0.878. The van der Waals surface area contributed by atoms with Crippen LogP contribution in [0.4, 0.5) is 10.6 Å². The Morgan fingerprint density at radius 1 is 1.37 bits per heavy atom. The number of morpholine rings is 1. The van der Waals surface area contributed by atoms with E-state index in [0.717, 1.165) is 28.7 Å². The van der Waals surface area contributed by atoms with Crippen LogP contribution in [0.15, 0.2) is 30.3 Å². The predicted molar refractivity (Wildman–Crippen MR) is 109 cm³/mol. The summed E-state index contributed by atoms with van der Waals surface area (Å²) in [5.74, 6) is 1.42. The molecule has 6 heteroatoms.